The van der Waals surface area contributed by atoms with Gasteiger partial charge in [0.25, 0.3) is 5.91 Å². The Morgan fingerprint density at radius 2 is 2.14 bits per heavy atom. The molecule has 0 aromatic carbocycles. The molecule has 148 valence electrons. The van der Waals surface area contributed by atoms with E-state index in [9.17, 15) is 9.59 Å². The third kappa shape index (κ3) is 3.61. The highest BCUT2D eigenvalue weighted by atomic mass is 16.4. The molecule has 2 aliphatic heterocycles. The molecule has 1 amide bonds. The van der Waals surface area contributed by atoms with Crippen molar-refractivity contribution in [2.24, 2.45) is 0 Å². The van der Waals surface area contributed by atoms with Crippen LogP contribution in [-0.2, 0) is 30.6 Å². The lowest BCUT2D eigenvalue weighted by molar-refractivity contribution is -0.137. The van der Waals surface area contributed by atoms with E-state index in [1.54, 1.807) is 4.90 Å². The van der Waals surface area contributed by atoms with Crippen LogP contribution in [0.1, 0.15) is 45.8 Å². The number of aromatic nitrogens is 2. The molecule has 0 saturated heterocycles. The van der Waals surface area contributed by atoms with Gasteiger partial charge in [-0.2, -0.15) is 0 Å². The van der Waals surface area contributed by atoms with Crippen LogP contribution in [0.25, 0.3) is 0 Å². The van der Waals surface area contributed by atoms with Crippen LogP contribution in [0.2, 0.25) is 0 Å². The number of hydrogen-bond donors (Lipinski definition) is 2. The maximum absolute atomic E-state index is 12.7. The summed E-state index contributed by atoms with van der Waals surface area (Å²) in [5.74, 6) is 0.0662. The first-order valence-electron chi connectivity index (χ1n) is 9.95. The lowest BCUT2D eigenvalue weighted by Gasteiger charge is -2.28. The Bertz CT molecular complexity index is 919. The first-order chi connectivity index (χ1) is 13.5. The number of aryl methyl sites for hydroxylation is 3. The molecule has 0 atom stereocenters. The molecule has 7 heteroatoms. The van der Waals surface area contributed by atoms with Crippen molar-refractivity contribution in [2.45, 2.75) is 45.6 Å². The minimum Gasteiger partial charge on any atom is -0.481 e. The second-order valence-corrected chi connectivity index (χ2v) is 7.57. The minimum atomic E-state index is -0.877. The Hall–Kier alpha value is -2.83. The lowest BCUT2D eigenvalue weighted by Crippen LogP contribution is -2.41. The van der Waals surface area contributed by atoms with E-state index < -0.39 is 5.97 Å². The monoisotopic (exact) mass is 382 g/mol. The largest absolute Gasteiger partial charge is 0.481 e. The van der Waals surface area contributed by atoms with Gasteiger partial charge in [0.2, 0.25) is 0 Å². The van der Waals surface area contributed by atoms with Crippen LogP contribution < -0.4 is 5.32 Å². The highest BCUT2D eigenvalue weighted by Gasteiger charge is 2.27. The smallest absolute Gasteiger partial charge is 0.305 e. The van der Waals surface area contributed by atoms with Gasteiger partial charge in [-0.25, -0.2) is 4.98 Å². The molecule has 0 radical (unpaired) electrons. The fourth-order valence-electron chi connectivity index (χ4n) is 4.12. The Morgan fingerprint density at radius 1 is 1.29 bits per heavy atom. The molecular formula is C21H26N4O3. The zero-order valence-corrected chi connectivity index (χ0v) is 16.2. The van der Waals surface area contributed by atoms with Gasteiger partial charge in [0.05, 0.1) is 6.42 Å². The quantitative estimate of drug-likeness (QED) is 0.800. The van der Waals surface area contributed by atoms with Crippen LogP contribution in [0.4, 0.5) is 5.82 Å². The summed E-state index contributed by atoms with van der Waals surface area (Å²) in [7, 11) is 0. The Balaban J connectivity index is 1.46. The van der Waals surface area contributed by atoms with Crippen molar-refractivity contribution in [1.29, 1.82) is 0 Å². The van der Waals surface area contributed by atoms with Crippen molar-refractivity contribution in [3.63, 3.8) is 0 Å². The molecule has 4 heterocycles. The number of rotatable bonds is 6. The van der Waals surface area contributed by atoms with E-state index in [-0.39, 0.29) is 18.9 Å². The topological polar surface area (TPSA) is 87.5 Å². The number of pyridine rings is 1. The summed E-state index contributed by atoms with van der Waals surface area (Å²) < 4.78 is 2.07. The number of carboxylic acids is 1. The lowest BCUT2D eigenvalue weighted by atomic mass is 10.0. The molecular weight excluding hydrogens is 356 g/mol. The normalized spacial score (nSPS) is 15.8. The molecule has 28 heavy (non-hydrogen) atoms. The third-order valence-electron chi connectivity index (χ3n) is 5.77. The molecule has 2 N–H and O–H groups in total. The summed E-state index contributed by atoms with van der Waals surface area (Å²) >= 11 is 0. The van der Waals surface area contributed by atoms with E-state index >= 15 is 0 Å². The van der Waals surface area contributed by atoms with Crippen molar-refractivity contribution in [1.82, 2.24) is 14.5 Å². The minimum absolute atomic E-state index is 0.0175. The first-order valence-corrected chi connectivity index (χ1v) is 9.95. The summed E-state index contributed by atoms with van der Waals surface area (Å²) in [5, 5.41) is 12.2. The van der Waals surface area contributed by atoms with Crippen molar-refractivity contribution >= 4 is 17.7 Å². The molecule has 2 aromatic rings. The second-order valence-electron chi connectivity index (χ2n) is 7.57. The molecule has 0 unspecified atom stereocenters. The number of carbonyl (C=O) groups excluding carboxylic acids is 1. The van der Waals surface area contributed by atoms with Gasteiger partial charge in [-0.1, -0.05) is 6.07 Å². The maximum Gasteiger partial charge on any atom is 0.305 e. The van der Waals surface area contributed by atoms with Crippen LogP contribution in [0.5, 0.6) is 0 Å². The summed E-state index contributed by atoms with van der Waals surface area (Å²) in [6.07, 6.45) is 3.88. The number of fused-ring (bicyclic) bond motifs is 2. The van der Waals surface area contributed by atoms with Crippen molar-refractivity contribution in [2.75, 3.05) is 25.0 Å². The van der Waals surface area contributed by atoms with Gasteiger partial charge in [0.1, 0.15) is 11.5 Å². The number of anilines is 1. The number of hydrogen-bond acceptors (Lipinski definition) is 4. The molecule has 0 saturated carbocycles. The average Bonchev–Trinajstić information content (AvgIpc) is 3.02. The van der Waals surface area contributed by atoms with Gasteiger partial charge >= 0.3 is 5.97 Å². The summed E-state index contributed by atoms with van der Waals surface area (Å²) in [6, 6.07) is 6.25. The zero-order valence-electron chi connectivity index (χ0n) is 16.2. The second kappa shape index (κ2) is 7.66. The standard InChI is InChI=1S/C21H26N4O3/c1-14-16(5-7-17-6-4-15-3-2-9-22-20(15)23-17)13-18-21(28)24(10-8-19(26)27)11-12-25(14)18/h4,6,13H,2-3,5,7-12H2,1H3,(H,22,23)(H,26,27). The van der Waals surface area contributed by atoms with Crippen molar-refractivity contribution in [3.8, 4) is 0 Å². The number of carboxylic acid groups (broad SMARTS) is 1. The molecule has 0 spiro atoms. The molecule has 4 rings (SSSR count). The number of amides is 1. The number of aliphatic carboxylic acids is 1. The van der Waals surface area contributed by atoms with E-state index in [4.69, 9.17) is 10.1 Å². The third-order valence-corrected chi connectivity index (χ3v) is 5.77. The summed E-state index contributed by atoms with van der Waals surface area (Å²) in [4.78, 5) is 29.9. The number of nitrogens with one attached hydrogen (secondary N) is 1. The van der Waals surface area contributed by atoms with E-state index in [2.05, 4.69) is 28.9 Å². The highest BCUT2D eigenvalue weighted by molar-refractivity contribution is 5.94. The molecule has 0 aliphatic carbocycles. The van der Waals surface area contributed by atoms with E-state index in [0.717, 1.165) is 55.0 Å². The Kier molecular flexibility index (Phi) is 5.07. The van der Waals surface area contributed by atoms with Crippen LogP contribution in [0.15, 0.2) is 18.2 Å². The first kappa shape index (κ1) is 18.5. The van der Waals surface area contributed by atoms with Gasteiger partial charge in [-0.3, -0.25) is 9.59 Å². The summed E-state index contributed by atoms with van der Waals surface area (Å²) in [5.41, 5.74) is 5.31. The van der Waals surface area contributed by atoms with Gasteiger partial charge < -0.3 is 19.9 Å². The molecule has 7 nitrogen and oxygen atoms in total. The summed E-state index contributed by atoms with van der Waals surface area (Å²) in [6.45, 7) is 4.58. The number of carbonyl (C=O) groups is 2. The Morgan fingerprint density at radius 3 is 2.96 bits per heavy atom. The Labute approximate surface area is 164 Å². The van der Waals surface area contributed by atoms with E-state index in [0.29, 0.717) is 18.8 Å². The van der Waals surface area contributed by atoms with Gasteiger partial charge in [0.15, 0.2) is 0 Å². The number of nitrogens with zero attached hydrogens (tertiary/aromatic N) is 3. The SMILES string of the molecule is Cc1c(CCc2ccc3c(n2)NCCC3)cc2n1CCN(CCC(=O)O)C2=O. The van der Waals surface area contributed by atoms with Crippen molar-refractivity contribution in [3.05, 3.63) is 46.4 Å². The van der Waals surface area contributed by atoms with Crippen LogP contribution >= 0.6 is 0 Å². The predicted octanol–water partition coefficient (Wildman–Crippen LogP) is 2.27. The van der Waals surface area contributed by atoms with Gasteiger partial charge in [-0.15, -0.1) is 0 Å². The van der Waals surface area contributed by atoms with Gasteiger partial charge in [0, 0.05) is 37.6 Å². The molecule has 2 aromatic heterocycles. The zero-order chi connectivity index (χ0) is 19.7. The average molecular weight is 382 g/mol. The maximum atomic E-state index is 12.7. The van der Waals surface area contributed by atoms with E-state index in [1.165, 1.54) is 5.56 Å². The molecule has 0 bridgehead atoms. The highest BCUT2D eigenvalue weighted by Crippen LogP contribution is 2.24. The fourth-order valence-corrected chi connectivity index (χ4v) is 4.12. The predicted molar refractivity (Wildman–Crippen MR) is 106 cm³/mol. The molecule has 2 aliphatic rings. The van der Waals surface area contributed by atoms with Crippen molar-refractivity contribution < 1.29 is 14.7 Å². The van der Waals surface area contributed by atoms with E-state index in [1.807, 2.05) is 6.07 Å². The van der Waals surface area contributed by atoms with Gasteiger partial charge in [-0.05, 0) is 55.9 Å². The fraction of sp³-hybridized carbons (Fsp3) is 0.476. The van der Waals surface area contributed by atoms with Crippen LogP contribution in [-0.4, -0.2) is 51.1 Å². The molecule has 0 fully saturated rings. The van der Waals surface area contributed by atoms with Crippen LogP contribution in [0.3, 0.4) is 0 Å². The van der Waals surface area contributed by atoms with Crippen LogP contribution in [0, 0.1) is 6.92 Å².